The van der Waals surface area contributed by atoms with Crippen molar-refractivity contribution in [2.45, 2.75) is 19.9 Å². The molecule has 2 aromatic carbocycles. The summed E-state index contributed by atoms with van der Waals surface area (Å²) in [6.45, 7) is 4.36. The number of rotatable bonds is 8. The Balaban J connectivity index is 0.00000243. The molecule has 0 atom stereocenters. The number of aromatic nitrogens is 1. The largest absolute Gasteiger partial charge is 1.00 e. The van der Waals surface area contributed by atoms with Gasteiger partial charge in [-0.15, -0.1) is 0 Å². The van der Waals surface area contributed by atoms with Gasteiger partial charge in [-0.1, -0.05) is 29.8 Å². The van der Waals surface area contributed by atoms with E-state index in [0.29, 0.717) is 23.1 Å². The minimum Gasteiger partial charge on any atom is -1.00 e. The van der Waals surface area contributed by atoms with Crippen LogP contribution in [0.15, 0.2) is 42.6 Å². The Bertz CT molecular complexity index is 849. The predicted octanol–water partition coefficient (Wildman–Crippen LogP) is 0.539. The Morgan fingerprint density at radius 1 is 1.19 bits per heavy atom. The summed E-state index contributed by atoms with van der Waals surface area (Å²) in [5.74, 6) is 1.31. The fourth-order valence-corrected chi connectivity index (χ4v) is 3.33. The number of para-hydroxylation sites is 1. The van der Waals surface area contributed by atoms with Crippen molar-refractivity contribution in [3.05, 3.63) is 58.7 Å². The zero-order chi connectivity index (χ0) is 17.6. The number of hydrogen-bond donors (Lipinski definition) is 2. The normalized spacial score (nSPS) is 10.6. The van der Waals surface area contributed by atoms with Crippen molar-refractivity contribution in [3.63, 3.8) is 0 Å². The highest BCUT2D eigenvalue weighted by Gasteiger charge is 2.12. The maximum absolute atomic E-state index is 6.33. The van der Waals surface area contributed by atoms with Crippen LogP contribution in [0.1, 0.15) is 18.1 Å². The number of hydrogen-bond acceptors (Lipinski definition) is 2. The quantitative estimate of drug-likeness (QED) is 0.547. The standard InChI is InChI=1S/C20H23ClN2O2.ClH/c1-3-25-20-17(21)10-14(11-19(20)24-2)12-22-9-8-15-13-23-18-7-5-4-6-16(15)18;/h4-7,10-11,13,22-23H,3,8-9,12H2,1-2H3;1H. The molecule has 0 aliphatic carbocycles. The van der Waals surface area contributed by atoms with Crippen LogP contribution >= 0.6 is 11.6 Å². The van der Waals surface area contributed by atoms with E-state index in [0.717, 1.165) is 25.1 Å². The molecule has 3 rings (SSSR count). The Labute approximate surface area is 165 Å². The van der Waals surface area contributed by atoms with E-state index in [1.165, 1.54) is 16.5 Å². The number of methoxy groups -OCH3 is 1. The van der Waals surface area contributed by atoms with E-state index in [9.17, 15) is 0 Å². The third-order valence-electron chi connectivity index (χ3n) is 4.25. The second-order valence-corrected chi connectivity index (χ2v) is 6.34. The monoisotopic (exact) mass is 394 g/mol. The van der Waals surface area contributed by atoms with Gasteiger partial charge < -0.3 is 32.2 Å². The number of aromatic amines is 1. The van der Waals surface area contributed by atoms with Crippen LogP contribution in [0.25, 0.3) is 10.9 Å². The molecule has 0 saturated carbocycles. The Morgan fingerprint density at radius 2 is 2.00 bits per heavy atom. The zero-order valence-corrected chi connectivity index (χ0v) is 16.5. The molecule has 3 aromatic rings. The number of H-pyrrole nitrogens is 1. The van der Waals surface area contributed by atoms with Crippen LogP contribution < -0.4 is 27.2 Å². The van der Waals surface area contributed by atoms with Crippen molar-refractivity contribution in [1.82, 2.24) is 4.98 Å². The fourth-order valence-electron chi connectivity index (χ4n) is 3.04. The Kier molecular flexibility index (Phi) is 7.64. The lowest BCUT2D eigenvalue weighted by Crippen LogP contribution is -3.00. The second kappa shape index (κ2) is 9.72. The molecule has 1 heterocycles. The summed E-state index contributed by atoms with van der Waals surface area (Å²) < 4.78 is 11.0. The van der Waals surface area contributed by atoms with Crippen LogP contribution in [0.2, 0.25) is 5.02 Å². The first-order valence-electron chi connectivity index (χ1n) is 8.58. The van der Waals surface area contributed by atoms with Gasteiger partial charge in [0, 0.05) is 29.1 Å². The molecule has 4 nitrogen and oxygen atoms in total. The second-order valence-electron chi connectivity index (χ2n) is 5.93. The van der Waals surface area contributed by atoms with Gasteiger partial charge in [0.05, 0.1) is 25.3 Å². The number of nitrogens with one attached hydrogen (secondary N) is 1. The SMILES string of the molecule is CCOc1c(Cl)cc(C[NH2+]CCc2c[nH]c3ccccc23)cc1OC.[Cl-]. The molecular formula is C20H24Cl2N2O2. The number of halogens is 2. The van der Waals surface area contributed by atoms with E-state index in [1.807, 2.05) is 19.1 Å². The van der Waals surface area contributed by atoms with Gasteiger partial charge >= 0.3 is 0 Å². The summed E-state index contributed by atoms with van der Waals surface area (Å²) in [5, 5.41) is 4.19. The molecule has 0 saturated heterocycles. The Hall–Kier alpha value is -1.88. The van der Waals surface area contributed by atoms with E-state index >= 15 is 0 Å². The molecule has 0 amide bonds. The molecule has 0 radical (unpaired) electrons. The van der Waals surface area contributed by atoms with Crippen molar-refractivity contribution in [2.75, 3.05) is 20.3 Å². The maximum Gasteiger partial charge on any atom is 0.179 e. The van der Waals surface area contributed by atoms with Gasteiger partial charge in [-0.25, -0.2) is 0 Å². The third kappa shape index (κ3) is 4.64. The summed E-state index contributed by atoms with van der Waals surface area (Å²) in [7, 11) is 1.64. The van der Waals surface area contributed by atoms with Gasteiger partial charge in [-0.05, 0) is 30.7 Å². The summed E-state index contributed by atoms with van der Waals surface area (Å²) in [6, 6.07) is 12.4. The van der Waals surface area contributed by atoms with Crippen molar-refractivity contribution in [3.8, 4) is 11.5 Å². The molecule has 3 N–H and O–H groups in total. The highest BCUT2D eigenvalue weighted by molar-refractivity contribution is 6.32. The number of ether oxygens (including phenoxy) is 2. The van der Waals surface area contributed by atoms with Gasteiger partial charge in [0.15, 0.2) is 11.5 Å². The highest BCUT2D eigenvalue weighted by atomic mass is 35.5. The van der Waals surface area contributed by atoms with Crippen LogP contribution in [-0.4, -0.2) is 25.2 Å². The smallest absolute Gasteiger partial charge is 0.179 e. The lowest BCUT2D eigenvalue weighted by Gasteiger charge is -2.12. The number of quaternary nitrogens is 1. The molecule has 0 spiro atoms. The first-order valence-corrected chi connectivity index (χ1v) is 8.96. The molecule has 140 valence electrons. The molecular weight excluding hydrogens is 371 g/mol. The van der Waals surface area contributed by atoms with Gasteiger partial charge in [0.1, 0.15) is 6.54 Å². The highest BCUT2D eigenvalue weighted by Crippen LogP contribution is 2.36. The van der Waals surface area contributed by atoms with E-state index in [4.69, 9.17) is 21.1 Å². The van der Waals surface area contributed by atoms with Crippen molar-refractivity contribution >= 4 is 22.5 Å². The summed E-state index contributed by atoms with van der Waals surface area (Å²) >= 11 is 6.33. The first kappa shape index (κ1) is 20.4. The summed E-state index contributed by atoms with van der Waals surface area (Å²) in [5.41, 5.74) is 3.68. The number of nitrogens with two attached hydrogens (primary N) is 1. The molecule has 26 heavy (non-hydrogen) atoms. The van der Waals surface area contributed by atoms with E-state index < -0.39 is 0 Å². The molecule has 1 aromatic heterocycles. The topological polar surface area (TPSA) is 50.9 Å². The summed E-state index contributed by atoms with van der Waals surface area (Å²) in [4.78, 5) is 3.33. The van der Waals surface area contributed by atoms with Crippen LogP contribution in [0.5, 0.6) is 11.5 Å². The molecule has 0 aliphatic rings. The average Bonchev–Trinajstić information content (AvgIpc) is 3.04. The van der Waals surface area contributed by atoms with Gasteiger partial charge in [0.25, 0.3) is 0 Å². The molecule has 0 unspecified atom stereocenters. The predicted molar refractivity (Wildman–Crippen MR) is 102 cm³/mol. The minimum absolute atomic E-state index is 0. The van der Waals surface area contributed by atoms with Gasteiger partial charge in [-0.2, -0.15) is 0 Å². The number of fused-ring (bicyclic) bond motifs is 1. The van der Waals surface area contributed by atoms with Crippen LogP contribution in [0.4, 0.5) is 0 Å². The lowest BCUT2D eigenvalue weighted by molar-refractivity contribution is -0.670. The lowest BCUT2D eigenvalue weighted by atomic mass is 10.1. The molecule has 0 bridgehead atoms. The van der Waals surface area contributed by atoms with E-state index in [2.05, 4.69) is 40.8 Å². The average molecular weight is 395 g/mol. The van der Waals surface area contributed by atoms with E-state index in [1.54, 1.807) is 7.11 Å². The van der Waals surface area contributed by atoms with Crippen molar-refractivity contribution in [1.29, 1.82) is 0 Å². The van der Waals surface area contributed by atoms with Crippen molar-refractivity contribution in [2.24, 2.45) is 0 Å². The zero-order valence-electron chi connectivity index (χ0n) is 15.0. The molecule has 0 fully saturated rings. The molecule has 6 heteroatoms. The number of benzene rings is 2. The maximum atomic E-state index is 6.33. The fraction of sp³-hybridized carbons (Fsp3) is 0.300. The van der Waals surface area contributed by atoms with E-state index in [-0.39, 0.29) is 12.4 Å². The van der Waals surface area contributed by atoms with Crippen molar-refractivity contribution < 1.29 is 27.2 Å². The van der Waals surface area contributed by atoms with Crippen LogP contribution in [0, 0.1) is 0 Å². The van der Waals surface area contributed by atoms with Gasteiger partial charge in [-0.3, -0.25) is 0 Å². The molecule has 0 aliphatic heterocycles. The van der Waals surface area contributed by atoms with Crippen LogP contribution in [-0.2, 0) is 13.0 Å². The summed E-state index contributed by atoms with van der Waals surface area (Å²) in [6.07, 6.45) is 3.13. The van der Waals surface area contributed by atoms with Crippen LogP contribution in [0.3, 0.4) is 0 Å². The Morgan fingerprint density at radius 3 is 2.77 bits per heavy atom. The first-order chi connectivity index (χ1) is 12.2. The van der Waals surface area contributed by atoms with Gasteiger partial charge in [0.2, 0.25) is 0 Å². The third-order valence-corrected chi connectivity index (χ3v) is 4.53. The minimum atomic E-state index is 0.